The Morgan fingerprint density at radius 3 is 1.33 bits per heavy atom. The van der Waals surface area contributed by atoms with Crippen LogP contribution < -0.4 is 0 Å². The summed E-state index contributed by atoms with van der Waals surface area (Å²) in [4.78, 5) is 4.96. The number of hydrogen-bond donors (Lipinski definition) is 0. The maximum Gasteiger partial charge on any atom is 0.0346 e. The lowest BCUT2D eigenvalue weighted by atomic mass is 9.76. The van der Waals surface area contributed by atoms with Crippen molar-refractivity contribution in [1.82, 2.24) is 4.98 Å². The minimum Gasteiger partial charge on any atom is -0.264 e. The quantitative estimate of drug-likeness (QED) is 0.168. The monoisotopic (exact) mass is 764 g/mol. The molecule has 0 fully saturated rings. The lowest BCUT2D eigenvalue weighted by Gasteiger charge is -2.29. The predicted octanol–water partition coefficient (Wildman–Crippen LogP) is 16.2. The van der Waals surface area contributed by atoms with E-state index in [1.165, 1.54) is 77.9 Å². The normalized spacial score (nSPS) is 16.7. The summed E-state index contributed by atoms with van der Waals surface area (Å²) >= 11 is 0. The molecule has 1 nitrogen and oxygen atoms in total. The van der Waals surface area contributed by atoms with E-state index in [1.54, 1.807) is 0 Å². The summed E-state index contributed by atoms with van der Waals surface area (Å²) in [5, 5.41) is 0. The summed E-state index contributed by atoms with van der Waals surface area (Å²) in [5.41, 5.74) is 20.0. The van der Waals surface area contributed by atoms with Gasteiger partial charge in [0.15, 0.2) is 0 Å². The predicted molar refractivity (Wildman–Crippen MR) is 251 cm³/mol. The van der Waals surface area contributed by atoms with Gasteiger partial charge in [0.05, 0.1) is 0 Å². The second-order valence-corrected chi connectivity index (χ2v) is 21.0. The van der Waals surface area contributed by atoms with E-state index >= 15 is 0 Å². The second kappa shape index (κ2) is 15.6. The number of hydrogen-bond acceptors (Lipinski definition) is 1. The average molecular weight is 764 g/mol. The summed E-state index contributed by atoms with van der Waals surface area (Å²) in [5.74, 6) is 0.205. The molecule has 2 aliphatic carbocycles. The van der Waals surface area contributed by atoms with Gasteiger partial charge in [-0.05, 0) is 138 Å². The second-order valence-electron chi connectivity index (χ2n) is 21.0. The maximum absolute atomic E-state index is 4.96. The zero-order chi connectivity index (χ0) is 41.6. The highest BCUT2D eigenvalue weighted by atomic mass is 14.6. The Balaban J connectivity index is 1.30. The molecular weight excluding hydrogens is 699 g/mol. The molecule has 0 spiro atoms. The van der Waals surface area contributed by atoms with Crippen LogP contribution in [0.15, 0.2) is 150 Å². The Morgan fingerprint density at radius 1 is 0.431 bits per heavy atom. The van der Waals surface area contributed by atoms with Crippen LogP contribution in [0.3, 0.4) is 0 Å². The van der Waals surface area contributed by atoms with E-state index in [2.05, 4.69) is 217 Å². The molecule has 0 bridgehead atoms. The fourth-order valence-corrected chi connectivity index (χ4v) is 8.39. The van der Waals surface area contributed by atoms with Gasteiger partial charge in [-0.1, -0.05) is 186 Å². The molecule has 0 amide bonds. The first-order valence-electron chi connectivity index (χ1n) is 21.5. The molecular formula is C57H65N. The van der Waals surface area contributed by atoms with Crippen LogP contribution in [0.4, 0.5) is 0 Å². The molecule has 5 aromatic rings. The Morgan fingerprint density at radius 2 is 0.897 bits per heavy atom. The van der Waals surface area contributed by atoms with E-state index in [-0.39, 0.29) is 27.6 Å². The molecule has 0 saturated carbocycles. The molecule has 2 aliphatic rings. The molecule has 0 aliphatic heterocycles. The van der Waals surface area contributed by atoms with Crippen molar-refractivity contribution in [3.8, 4) is 33.4 Å². The van der Waals surface area contributed by atoms with Crippen LogP contribution in [-0.4, -0.2) is 4.98 Å². The lowest BCUT2D eigenvalue weighted by molar-refractivity contribution is 0.479. The molecule has 298 valence electrons. The highest BCUT2D eigenvalue weighted by Gasteiger charge is 2.25. The molecule has 0 saturated heterocycles. The molecule has 0 radical (unpaired) electrons. The molecule has 1 heteroatoms. The van der Waals surface area contributed by atoms with Crippen LogP contribution in [0.25, 0.3) is 39.0 Å². The molecule has 58 heavy (non-hydrogen) atoms. The van der Waals surface area contributed by atoms with Gasteiger partial charge in [-0.15, -0.1) is 0 Å². The SMILES string of the molecule is CC(C)(C)C1=CC=C(C2=CC(c3ccc(C(C)(C)C)cc3)=CC(c3cncc(-c4cc(-c5ccc(C(C)(C)C)cc5)cc(-c5ccc(C(C)(C)C)cc5)c4)c3)C2)CC1. The van der Waals surface area contributed by atoms with Gasteiger partial charge in [0.2, 0.25) is 0 Å². The molecule has 7 rings (SSSR count). The Bertz CT molecular complexity index is 2320. The van der Waals surface area contributed by atoms with Gasteiger partial charge in [-0.25, -0.2) is 0 Å². The summed E-state index contributed by atoms with van der Waals surface area (Å²) in [6.45, 7) is 27.5. The first kappa shape index (κ1) is 41.2. The topological polar surface area (TPSA) is 12.9 Å². The van der Waals surface area contributed by atoms with E-state index < -0.39 is 0 Å². The molecule has 0 N–H and O–H groups in total. The van der Waals surface area contributed by atoms with Crippen molar-refractivity contribution in [3.05, 3.63) is 178 Å². The minimum atomic E-state index is 0.102. The zero-order valence-corrected chi connectivity index (χ0v) is 37.3. The summed E-state index contributed by atoms with van der Waals surface area (Å²) in [7, 11) is 0. The Hall–Kier alpha value is -5.01. The van der Waals surface area contributed by atoms with Crippen LogP contribution >= 0.6 is 0 Å². The van der Waals surface area contributed by atoms with Crippen molar-refractivity contribution >= 4 is 5.57 Å². The third-order valence-electron chi connectivity index (χ3n) is 12.4. The summed E-state index contributed by atoms with van der Waals surface area (Å²) in [6.07, 6.45) is 17.1. The van der Waals surface area contributed by atoms with Crippen molar-refractivity contribution in [2.24, 2.45) is 5.41 Å². The molecule has 1 atom stereocenters. The minimum absolute atomic E-state index is 0.102. The summed E-state index contributed by atoms with van der Waals surface area (Å²) in [6, 6.07) is 37.0. The van der Waals surface area contributed by atoms with E-state index in [0.717, 1.165) is 24.8 Å². The third kappa shape index (κ3) is 9.31. The van der Waals surface area contributed by atoms with Crippen LogP contribution in [-0.2, 0) is 16.2 Å². The number of nitrogens with zero attached hydrogens (tertiary/aromatic N) is 1. The number of allylic oxidation sites excluding steroid dienone is 8. The highest BCUT2D eigenvalue weighted by Crippen LogP contribution is 2.43. The molecule has 1 heterocycles. The van der Waals surface area contributed by atoms with Crippen LogP contribution in [0.5, 0.6) is 0 Å². The van der Waals surface area contributed by atoms with Crippen molar-refractivity contribution < 1.29 is 0 Å². The lowest BCUT2D eigenvalue weighted by Crippen LogP contribution is -2.13. The van der Waals surface area contributed by atoms with E-state index in [9.17, 15) is 0 Å². The van der Waals surface area contributed by atoms with Gasteiger partial charge in [0.1, 0.15) is 0 Å². The van der Waals surface area contributed by atoms with Gasteiger partial charge in [0, 0.05) is 23.9 Å². The van der Waals surface area contributed by atoms with Crippen LogP contribution in [0.2, 0.25) is 0 Å². The standard InChI is InChI=1S/C57H65N/c1-54(2,3)50-21-13-38(14-22-50)42-29-43(39-15-23-51(24-16-39)55(4,5)6)32-46(31-42)48-35-49(37-58-36-48)47-33-44(40-17-25-52(26-18-40)56(7,8)9)30-45(34-47)41-19-27-53(28-20-41)57(10,11)12/h13-19,21-27,29-33,35-37,47H,20,28,34H2,1-12H3. The van der Waals surface area contributed by atoms with Crippen LogP contribution in [0.1, 0.15) is 136 Å². The number of rotatable bonds is 6. The maximum atomic E-state index is 4.96. The third-order valence-corrected chi connectivity index (χ3v) is 12.4. The van der Waals surface area contributed by atoms with E-state index in [0.29, 0.717) is 0 Å². The van der Waals surface area contributed by atoms with Crippen molar-refractivity contribution in [2.45, 2.75) is 125 Å². The van der Waals surface area contributed by atoms with Gasteiger partial charge in [0.25, 0.3) is 0 Å². The van der Waals surface area contributed by atoms with Gasteiger partial charge < -0.3 is 0 Å². The first-order chi connectivity index (χ1) is 27.2. The first-order valence-corrected chi connectivity index (χ1v) is 21.5. The van der Waals surface area contributed by atoms with Gasteiger partial charge in [-0.2, -0.15) is 0 Å². The van der Waals surface area contributed by atoms with E-state index in [1.807, 2.05) is 0 Å². The fraction of sp³-hybridized carbons (Fsp3) is 0.351. The fourth-order valence-electron chi connectivity index (χ4n) is 8.39. The largest absolute Gasteiger partial charge is 0.264 e. The Labute approximate surface area is 350 Å². The van der Waals surface area contributed by atoms with Crippen molar-refractivity contribution in [1.29, 1.82) is 0 Å². The van der Waals surface area contributed by atoms with Crippen LogP contribution in [0, 0.1) is 5.41 Å². The number of aromatic nitrogens is 1. The number of pyridine rings is 1. The van der Waals surface area contributed by atoms with Gasteiger partial charge >= 0.3 is 0 Å². The van der Waals surface area contributed by atoms with Crippen molar-refractivity contribution in [2.75, 3.05) is 0 Å². The Kier molecular flexibility index (Phi) is 11.1. The molecule has 4 aromatic carbocycles. The average Bonchev–Trinajstić information content (AvgIpc) is 3.19. The van der Waals surface area contributed by atoms with Gasteiger partial charge in [-0.3, -0.25) is 4.98 Å². The van der Waals surface area contributed by atoms with E-state index in [4.69, 9.17) is 4.98 Å². The molecule has 1 aromatic heterocycles. The molecule has 1 unspecified atom stereocenters. The zero-order valence-electron chi connectivity index (χ0n) is 37.3. The van der Waals surface area contributed by atoms with Crippen molar-refractivity contribution in [3.63, 3.8) is 0 Å². The summed E-state index contributed by atoms with van der Waals surface area (Å²) < 4.78 is 0. The smallest absolute Gasteiger partial charge is 0.0346 e. The number of benzene rings is 4. The highest BCUT2D eigenvalue weighted by molar-refractivity contribution is 5.82.